The van der Waals surface area contributed by atoms with Crippen LogP contribution < -0.4 is 4.90 Å². The van der Waals surface area contributed by atoms with E-state index in [1.807, 2.05) is 4.68 Å². The summed E-state index contributed by atoms with van der Waals surface area (Å²) in [5.74, 6) is 0. The summed E-state index contributed by atoms with van der Waals surface area (Å²) in [4.78, 5) is 1.41. The van der Waals surface area contributed by atoms with Crippen LogP contribution in [0.25, 0.3) is 0 Å². The van der Waals surface area contributed by atoms with Crippen LogP contribution >= 0.6 is 0 Å². The molecule has 5 heteroatoms. The van der Waals surface area contributed by atoms with E-state index in [4.69, 9.17) is 0 Å². The molecule has 1 aliphatic heterocycles. The summed E-state index contributed by atoms with van der Waals surface area (Å²) in [5, 5.41) is 18.6. The lowest BCUT2D eigenvalue weighted by Crippen LogP contribution is -3.13. The molecule has 5 nitrogen and oxygen atoms in total. The second-order valence-electron chi connectivity index (χ2n) is 6.31. The maximum Gasteiger partial charge on any atom is 0.140 e. The smallest absolute Gasteiger partial charge is 0.140 e. The summed E-state index contributed by atoms with van der Waals surface area (Å²) >= 11 is 0. The van der Waals surface area contributed by atoms with Crippen molar-refractivity contribution in [2.75, 3.05) is 13.1 Å². The van der Waals surface area contributed by atoms with Gasteiger partial charge in [0.1, 0.15) is 24.9 Å². The Bertz CT molecular complexity index is 408. The van der Waals surface area contributed by atoms with Crippen LogP contribution in [0.4, 0.5) is 0 Å². The van der Waals surface area contributed by atoms with E-state index < -0.39 is 0 Å². The fraction of sp³-hybridized carbons (Fsp3) is 0.846. The van der Waals surface area contributed by atoms with Crippen LogP contribution in [-0.2, 0) is 19.5 Å². The minimum Gasteiger partial charge on any atom is -0.387 e. The Morgan fingerprint density at radius 3 is 2.78 bits per heavy atom. The highest BCUT2D eigenvalue weighted by Gasteiger charge is 2.30. The Morgan fingerprint density at radius 2 is 2.17 bits per heavy atom. The zero-order valence-electron chi connectivity index (χ0n) is 11.9. The Morgan fingerprint density at radius 1 is 1.44 bits per heavy atom. The third-order valence-electron chi connectivity index (χ3n) is 3.83. The summed E-state index contributed by atoms with van der Waals surface area (Å²) in [6.45, 7) is 12.0. The van der Waals surface area contributed by atoms with E-state index in [0.717, 1.165) is 38.3 Å². The molecule has 0 bridgehead atoms. The molecule has 0 saturated carbocycles. The molecule has 102 valence electrons. The summed E-state index contributed by atoms with van der Waals surface area (Å²) in [7, 11) is 0. The van der Waals surface area contributed by atoms with E-state index in [9.17, 15) is 5.11 Å². The van der Waals surface area contributed by atoms with Crippen molar-refractivity contribution in [3.63, 3.8) is 0 Å². The second kappa shape index (κ2) is 4.97. The van der Waals surface area contributed by atoms with Crippen molar-refractivity contribution in [3.8, 4) is 0 Å². The van der Waals surface area contributed by atoms with Gasteiger partial charge < -0.3 is 10.0 Å². The first-order valence-electron chi connectivity index (χ1n) is 6.84. The first-order chi connectivity index (χ1) is 8.41. The van der Waals surface area contributed by atoms with Crippen LogP contribution in [0.3, 0.4) is 0 Å². The van der Waals surface area contributed by atoms with Crippen LogP contribution in [-0.4, -0.2) is 39.3 Å². The SMILES string of the molecule is CCn1nnc2c1CC[NH+](C[C@@H](O)C(C)(C)C)C2. The maximum absolute atomic E-state index is 10.2. The van der Waals surface area contributed by atoms with Gasteiger partial charge in [-0.2, -0.15) is 0 Å². The molecule has 1 aliphatic rings. The molecule has 0 aromatic carbocycles. The van der Waals surface area contributed by atoms with Gasteiger partial charge in [0.25, 0.3) is 0 Å². The highest BCUT2D eigenvalue weighted by molar-refractivity contribution is 5.10. The minimum atomic E-state index is -0.268. The molecule has 18 heavy (non-hydrogen) atoms. The van der Waals surface area contributed by atoms with Gasteiger partial charge in [-0.25, -0.2) is 4.68 Å². The van der Waals surface area contributed by atoms with E-state index in [2.05, 4.69) is 38.0 Å². The zero-order valence-corrected chi connectivity index (χ0v) is 11.9. The average Bonchev–Trinajstić information content (AvgIpc) is 2.69. The lowest BCUT2D eigenvalue weighted by molar-refractivity contribution is -0.920. The summed E-state index contributed by atoms with van der Waals surface area (Å²) in [5.41, 5.74) is 2.35. The number of aliphatic hydroxyl groups is 1. The number of rotatable bonds is 3. The lowest BCUT2D eigenvalue weighted by atomic mass is 9.88. The number of nitrogens with zero attached hydrogens (tertiary/aromatic N) is 3. The molecule has 2 atom stereocenters. The van der Waals surface area contributed by atoms with Crippen LogP contribution in [0.5, 0.6) is 0 Å². The quantitative estimate of drug-likeness (QED) is 0.774. The van der Waals surface area contributed by atoms with E-state index in [-0.39, 0.29) is 11.5 Å². The van der Waals surface area contributed by atoms with Gasteiger partial charge in [-0.3, -0.25) is 0 Å². The number of nitrogens with one attached hydrogen (secondary N) is 1. The van der Waals surface area contributed by atoms with Gasteiger partial charge in [0.05, 0.1) is 12.2 Å². The van der Waals surface area contributed by atoms with Crippen LogP contribution in [0, 0.1) is 5.41 Å². The molecular weight excluding hydrogens is 228 g/mol. The van der Waals surface area contributed by atoms with Crippen LogP contribution in [0.2, 0.25) is 0 Å². The topological polar surface area (TPSA) is 55.4 Å². The van der Waals surface area contributed by atoms with Crippen molar-refractivity contribution in [2.45, 2.75) is 53.3 Å². The molecule has 0 fully saturated rings. The monoisotopic (exact) mass is 253 g/mol. The number of hydrogen-bond acceptors (Lipinski definition) is 3. The zero-order chi connectivity index (χ0) is 13.3. The van der Waals surface area contributed by atoms with E-state index in [1.165, 1.54) is 10.6 Å². The summed E-state index contributed by atoms with van der Waals surface area (Å²) in [6, 6.07) is 0. The molecule has 0 radical (unpaired) electrons. The van der Waals surface area contributed by atoms with Crippen molar-refractivity contribution >= 4 is 0 Å². The third-order valence-corrected chi connectivity index (χ3v) is 3.83. The van der Waals surface area contributed by atoms with E-state index >= 15 is 0 Å². The highest BCUT2D eigenvalue weighted by atomic mass is 16.3. The molecule has 0 spiro atoms. The van der Waals surface area contributed by atoms with Gasteiger partial charge in [-0.15, -0.1) is 5.10 Å². The number of hydrogen-bond donors (Lipinski definition) is 2. The Kier molecular flexibility index (Phi) is 3.73. The Hall–Kier alpha value is -0.940. The molecule has 0 amide bonds. The van der Waals surface area contributed by atoms with Gasteiger partial charge in [0.2, 0.25) is 0 Å². The van der Waals surface area contributed by atoms with Gasteiger partial charge in [0, 0.05) is 13.0 Å². The molecule has 2 rings (SSSR count). The van der Waals surface area contributed by atoms with Crippen molar-refractivity contribution in [2.24, 2.45) is 5.41 Å². The first-order valence-corrected chi connectivity index (χ1v) is 6.84. The van der Waals surface area contributed by atoms with Gasteiger partial charge in [-0.05, 0) is 12.3 Å². The van der Waals surface area contributed by atoms with Crippen molar-refractivity contribution < 1.29 is 10.0 Å². The highest BCUT2D eigenvalue weighted by Crippen LogP contribution is 2.18. The van der Waals surface area contributed by atoms with Gasteiger partial charge >= 0.3 is 0 Å². The molecular formula is C13H25N4O+. The molecule has 0 aliphatic carbocycles. The largest absolute Gasteiger partial charge is 0.387 e. The van der Waals surface area contributed by atoms with Gasteiger partial charge in [-0.1, -0.05) is 26.0 Å². The minimum absolute atomic E-state index is 0.0473. The standard InChI is InChI=1S/C13H24N4O/c1-5-17-11-6-7-16(8-10(11)14-15-17)9-12(18)13(2,3)4/h12,18H,5-9H2,1-4H3/p+1/t12-/m1/s1. The second-order valence-corrected chi connectivity index (χ2v) is 6.31. The fourth-order valence-corrected chi connectivity index (χ4v) is 2.41. The van der Waals surface area contributed by atoms with Crippen molar-refractivity contribution in [1.82, 2.24) is 15.0 Å². The van der Waals surface area contributed by atoms with Crippen LogP contribution in [0.1, 0.15) is 39.1 Å². The molecule has 2 heterocycles. The van der Waals surface area contributed by atoms with Crippen molar-refractivity contribution in [3.05, 3.63) is 11.4 Å². The van der Waals surface area contributed by atoms with E-state index in [0.29, 0.717) is 0 Å². The molecule has 1 aromatic heterocycles. The number of fused-ring (bicyclic) bond motifs is 1. The molecule has 0 saturated heterocycles. The van der Waals surface area contributed by atoms with Gasteiger partial charge in [0.15, 0.2) is 0 Å². The van der Waals surface area contributed by atoms with Crippen LogP contribution in [0.15, 0.2) is 0 Å². The predicted octanol–water partition coefficient (Wildman–Crippen LogP) is -0.354. The summed E-state index contributed by atoms with van der Waals surface area (Å²) < 4.78 is 1.99. The summed E-state index contributed by atoms with van der Waals surface area (Å²) in [6.07, 6.45) is 0.748. The number of quaternary nitrogens is 1. The Labute approximate surface area is 109 Å². The Balaban J connectivity index is 2.00. The number of aromatic nitrogens is 3. The molecule has 1 aromatic rings. The number of aliphatic hydroxyl groups excluding tert-OH is 1. The molecule has 2 N–H and O–H groups in total. The third kappa shape index (κ3) is 2.72. The lowest BCUT2D eigenvalue weighted by Gasteiger charge is -2.31. The average molecular weight is 253 g/mol. The molecule has 1 unspecified atom stereocenters. The normalized spacial score (nSPS) is 21.7. The van der Waals surface area contributed by atoms with E-state index in [1.54, 1.807) is 0 Å². The number of aryl methyl sites for hydroxylation is 1. The fourth-order valence-electron chi connectivity index (χ4n) is 2.41. The maximum atomic E-state index is 10.2. The van der Waals surface area contributed by atoms with Crippen molar-refractivity contribution in [1.29, 1.82) is 0 Å². The first kappa shape index (κ1) is 13.5. The predicted molar refractivity (Wildman–Crippen MR) is 69.3 cm³/mol.